The molecule has 0 aliphatic carbocycles. The third-order valence-electron chi connectivity index (χ3n) is 3.94. The second-order valence-electron chi connectivity index (χ2n) is 6.08. The van der Waals surface area contributed by atoms with Gasteiger partial charge in [0, 0.05) is 44.9 Å². The van der Waals surface area contributed by atoms with Crippen molar-refractivity contribution >= 4 is 5.96 Å². The number of nitrogens with zero attached hydrogens (tertiary/aromatic N) is 1. The average Bonchev–Trinajstić information content (AvgIpc) is 2.63. The minimum atomic E-state index is -0.264. The van der Waals surface area contributed by atoms with E-state index in [1.54, 1.807) is 35.5 Å². The first-order valence-electron chi connectivity index (χ1n) is 8.19. The van der Waals surface area contributed by atoms with E-state index in [0.29, 0.717) is 25.3 Å². The first kappa shape index (κ1) is 20.9. The number of rotatable bonds is 9. The lowest BCUT2D eigenvalue weighted by molar-refractivity contribution is 0.0268. The van der Waals surface area contributed by atoms with Crippen LogP contribution in [0.15, 0.2) is 17.1 Å². The number of guanidine groups is 1. The third kappa shape index (κ3) is 6.34. The molecule has 0 atom stereocenters. The van der Waals surface area contributed by atoms with E-state index in [0.717, 1.165) is 23.0 Å². The Kier molecular flexibility index (Phi) is 8.34. The van der Waals surface area contributed by atoms with E-state index in [4.69, 9.17) is 18.9 Å². The van der Waals surface area contributed by atoms with Crippen LogP contribution in [0.4, 0.5) is 0 Å². The van der Waals surface area contributed by atoms with Crippen LogP contribution in [0.25, 0.3) is 0 Å². The summed E-state index contributed by atoms with van der Waals surface area (Å²) in [4.78, 5) is 4.23. The number of methoxy groups -OCH3 is 4. The fourth-order valence-corrected chi connectivity index (χ4v) is 2.22. The number of benzene rings is 1. The average molecular weight is 353 g/mol. The van der Waals surface area contributed by atoms with Crippen LogP contribution < -0.4 is 24.8 Å². The Hall–Kier alpha value is -2.15. The van der Waals surface area contributed by atoms with E-state index < -0.39 is 0 Å². The fourth-order valence-electron chi connectivity index (χ4n) is 2.22. The number of nitrogens with one attached hydrogen (secondary N) is 2. The summed E-state index contributed by atoms with van der Waals surface area (Å²) in [5.41, 5.74) is 0.714. The summed E-state index contributed by atoms with van der Waals surface area (Å²) >= 11 is 0. The molecule has 0 heterocycles. The monoisotopic (exact) mass is 353 g/mol. The van der Waals surface area contributed by atoms with Crippen molar-refractivity contribution in [1.82, 2.24) is 10.6 Å². The van der Waals surface area contributed by atoms with Crippen molar-refractivity contribution < 1.29 is 18.9 Å². The van der Waals surface area contributed by atoms with Crippen molar-refractivity contribution in [2.45, 2.75) is 25.9 Å². The first-order chi connectivity index (χ1) is 11.9. The highest BCUT2D eigenvalue weighted by Crippen LogP contribution is 2.34. The van der Waals surface area contributed by atoms with Crippen molar-refractivity contribution in [1.29, 1.82) is 0 Å². The zero-order chi connectivity index (χ0) is 18.9. The van der Waals surface area contributed by atoms with Crippen molar-refractivity contribution in [3.8, 4) is 17.2 Å². The molecule has 0 fully saturated rings. The zero-order valence-electron chi connectivity index (χ0n) is 16.4. The van der Waals surface area contributed by atoms with Gasteiger partial charge in [-0.15, -0.1) is 0 Å². The Balaban J connectivity index is 2.71. The molecule has 2 N–H and O–H groups in total. The first-order valence-corrected chi connectivity index (χ1v) is 8.19. The van der Waals surface area contributed by atoms with E-state index in [9.17, 15) is 0 Å². The largest absolute Gasteiger partial charge is 0.496 e. The Morgan fingerprint density at radius 2 is 1.60 bits per heavy atom. The molecular weight excluding hydrogens is 322 g/mol. The van der Waals surface area contributed by atoms with E-state index in [2.05, 4.69) is 15.6 Å². The molecule has 0 amide bonds. The molecule has 0 aliphatic rings. The summed E-state index contributed by atoms with van der Waals surface area (Å²) in [5, 5.41) is 6.54. The molecule has 25 heavy (non-hydrogen) atoms. The minimum absolute atomic E-state index is 0.264. The van der Waals surface area contributed by atoms with Gasteiger partial charge in [0.25, 0.3) is 0 Å². The van der Waals surface area contributed by atoms with Crippen LogP contribution in [0.1, 0.15) is 19.4 Å². The van der Waals surface area contributed by atoms with Gasteiger partial charge in [0.2, 0.25) is 0 Å². The lowest BCUT2D eigenvalue weighted by Crippen LogP contribution is -2.45. The molecule has 1 aromatic carbocycles. The standard InChI is InChI=1S/C18H31N3O4/c1-18(2,25-7)12-21-17(19-3)20-9-8-14-15(23-5)10-13(22-4)11-16(14)24-6/h10-11H,8-9,12H2,1-7H3,(H2,19,20,21). The van der Waals surface area contributed by atoms with Crippen LogP contribution in [-0.4, -0.2) is 60.1 Å². The zero-order valence-corrected chi connectivity index (χ0v) is 16.4. The molecule has 7 heteroatoms. The highest BCUT2D eigenvalue weighted by atomic mass is 16.5. The Labute approximate surface area is 150 Å². The molecule has 7 nitrogen and oxygen atoms in total. The third-order valence-corrected chi connectivity index (χ3v) is 3.94. The Morgan fingerprint density at radius 1 is 1.00 bits per heavy atom. The summed E-state index contributed by atoms with van der Waals surface area (Å²) in [6.45, 7) is 5.35. The molecule has 0 spiro atoms. The molecule has 0 unspecified atom stereocenters. The smallest absolute Gasteiger partial charge is 0.191 e. The molecule has 0 saturated heterocycles. The van der Waals surface area contributed by atoms with Crippen LogP contribution >= 0.6 is 0 Å². The lowest BCUT2D eigenvalue weighted by atomic mass is 10.1. The minimum Gasteiger partial charge on any atom is -0.496 e. The Morgan fingerprint density at radius 3 is 2.04 bits per heavy atom. The second kappa shape index (κ2) is 9.98. The number of aliphatic imine (C=N–C) groups is 1. The van der Waals surface area contributed by atoms with E-state index >= 15 is 0 Å². The van der Waals surface area contributed by atoms with E-state index in [-0.39, 0.29) is 5.60 Å². The fraction of sp³-hybridized carbons (Fsp3) is 0.611. The molecular formula is C18H31N3O4. The van der Waals surface area contributed by atoms with Crippen LogP contribution in [0.5, 0.6) is 17.2 Å². The normalized spacial score (nSPS) is 11.9. The molecule has 142 valence electrons. The molecule has 0 bridgehead atoms. The summed E-state index contributed by atoms with van der Waals surface area (Å²) < 4.78 is 21.6. The van der Waals surface area contributed by atoms with Crippen molar-refractivity contribution in [2.24, 2.45) is 4.99 Å². The maximum atomic E-state index is 5.47. The summed E-state index contributed by atoms with van der Waals surface area (Å²) in [7, 11) is 8.33. The second-order valence-corrected chi connectivity index (χ2v) is 6.08. The van der Waals surface area contributed by atoms with Crippen LogP contribution in [0.3, 0.4) is 0 Å². The summed E-state index contributed by atoms with van der Waals surface area (Å²) in [5.74, 6) is 2.89. The molecule has 0 aromatic heterocycles. The van der Waals surface area contributed by atoms with Crippen molar-refractivity contribution in [2.75, 3.05) is 48.6 Å². The molecule has 1 aromatic rings. The van der Waals surface area contributed by atoms with Gasteiger partial charge in [0.15, 0.2) is 5.96 Å². The van der Waals surface area contributed by atoms with Crippen molar-refractivity contribution in [3.63, 3.8) is 0 Å². The molecule has 0 aliphatic heterocycles. The predicted molar refractivity (Wildman–Crippen MR) is 100 cm³/mol. The Bertz CT molecular complexity index is 548. The molecule has 1 rings (SSSR count). The maximum absolute atomic E-state index is 5.47. The van der Waals surface area contributed by atoms with E-state index in [1.807, 2.05) is 26.0 Å². The van der Waals surface area contributed by atoms with E-state index in [1.165, 1.54) is 0 Å². The predicted octanol–water partition coefficient (Wildman–Crippen LogP) is 1.84. The highest BCUT2D eigenvalue weighted by Gasteiger charge is 2.17. The molecule has 0 radical (unpaired) electrons. The number of ether oxygens (including phenoxy) is 4. The quantitative estimate of drug-likeness (QED) is 0.521. The van der Waals surface area contributed by atoms with Gasteiger partial charge in [-0.3, -0.25) is 4.99 Å². The number of hydrogen-bond acceptors (Lipinski definition) is 5. The van der Waals surface area contributed by atoms with Crippen LogP contribution in [0.2, 0.25) is 0 Å². The van der Waals surface area contributed by atoms with Crippen molar-refractivity contribution in [3.05, 3.63) is 17.7 Å². The lowest BCUT2D eigenvalue weighted by Gasteiger charge is -2.24. The van der Waals surface area contributed by atoms with Gasteiger partial charge >= 0.3 is 0 Å². The highest BCUT2D eigenvalue weighted by molar-refractivity contribution is 5.79. The van der Waals surface area contributed by atoms with Gasteiger partial charge in [-0.2, -0.15) is 0 Å². The molecule has 0 saturated carbocycles. The van der Waals surface area contributed by atoms with Gasteiger partial charge < -0.3 is 29.6 Å². The van der Waals surface area contributed by atoms with Gasteiger partial charge in [0.05, 0.1) is 26.9 Å². The SMILES string of the molecule is CN=C(NCCc1c(OC)cc(OC)cc1OC)NCC(C)(C)OC. The topological polar surface area (TPSA) is 73.3 Å². The summed E-state index contributed by atoms with van der Waals surface area (Å²) in [6.07, 6.45) is 0.713. The summed E-state index contributed by atoms with van der Waals surface area (Å²) in [6, 6.07) is 3.71. The number of hydrogen-bond donors (Lipinski definition) is 2. The van der Waals surface area contributed by atoms with Gasteiger partial charge in [0.1, 0.15) is 17.2 Å². The van der Waals surface area contributed by atoms with Crippen LogP contribution in [-0.2, 0) is 11.2 Å². The van der Waals surface area contributed by atoms with Crippen LogP contribution in [0, 0.1) is 0 Å². The van der Waals surface area contributed by atoms with Gasteiger partial charge in [-0.05, 0) is 20.3 Å². The van der Waals surface area contributed by atoms with Gasteiger partial charge in [-0.1, -0.05) is 0 Å². The van der Waals surface area contributed by atoms with Gasteiger partial charge in [-0.25, -0.2) is 0 Å². The maximum Gasteiger partial charge on any atom is 0.191 e.